The number of hydrogen-bond acceptors (Lipinski definition) is 3. The normalized spacial score (nSPS) is 14.8. The molecule has 2 rings (SSSR count). The second kappa shape index (κ2) is 6.89. The fourth-order valence-corrected chi connectivity index (χ4v) is 2.88. The Morgan fingerprint density at radius 3 is 2.76 bits per heavy atom. The molecule has 1 saturated carbocycles. The second-order valence-corrected chi connectivity index (χ2v) is 6.76. The van der Waals surface area contributed by atoms with E-state index in [1.165, 1.54) is 17.4 Å². The van der Waals surface area contributed by atoms with E-state index in [0.717, 1.165) is 36.8 Å². The van der Waals surface area contributed by atoms with E-state index >= 15 is 0 Å². The van der Waals surface area contributed by atoms with E-state index in [9.17, 15) is 9.59 Å². The molecule has 1 aliphatic carbocycles. The molecule has 0 aromatic carbocycles. The summed E-state index contributed by atoms with van der Waals surface area (Å²) in [6, 6.07) is 2.17. The van der Waals surface area contributed by atoms with E-state index in [1.807, 2.05) is 10.3 Å². The summed E-state index contributed by atoms with van der Waals surface area (Å²) in [5.74, 6) is -0.326. The van der Waals surface area contributed by atoms with Gasteiger partial charge in [0.25, 0.3) is 5.91 Å². The fraction of sp³-hybridized carbons (Fsp3) is 0.500. The van der Waals surface area contributed by atoms with Crippen molar-refractivity contribution in [3.63, 3.8) is 0 Å². The van der Waals surface area contributed by atoms with Crippen molar-refractivity contribution in [2.45, 2.75) is 39.2 Å². The zero-order valence-electron chi connectivity index (χ0n) is 12.4. The zero-order chi connectivity index (χ0) is 15.4. The van der Waals surface area contributed by atoms with Crippen LogP contribution in [-0.4, -0.2) is 34.5 Å². The van der Waals surface area contributed by atoms with Gasteiger partial charge in [0, 0.05) is 28.9 Å². The SMILES string of the molecule is CC(C)CCN(C(=O)c1csc(/C=C/C(=O)O)c1)C1CC1. The highest BCUT2D eigenvalue weighted by molar-refractivity contribution is 7.11. The Hall–Kier alpha value is -1.62. The monoisotopic (exact) mass is 307 g/mol. The highest BCUT2D eigenvalue weighted by Crippen LogP contribution is 2.30. The summed E-state index contributed by atoms with van der Waals surface area (Å²) in [5.41, 5.74) is 0.667. The molecule has 0 bridgehead atoms. The van der Waals surface area contributed by atoms with Gasteiger partial charge in [-0.3, -0.25) is 4.79 Å². The van der Waals surface area contributed by atoms with Crippen molar-refractivity contribution in [1.82, 2.24) is 4.90 Å². The molecular formula is C16H21NO3S. The van der Waals surface area contributed by atoms with Crippen LogP contribution in [0.25, 0.3) is 6.08 Å². The summed E-state index contributed by atoms with van der Waals surface area (Å²) < 4.78 is 0. The van der Waals surface area contributed by atoms with Gasteiger partial charge in [0.05, 0.1) is 5.56 Å². The first kappa shape index (κ1) is 15.8. The molecule has 0 saturated heterocycles. The smallest absolute Gasteiger partial charge is 0.328 e. The summed E-state index contributed by atoms with van der Waals surface area (Å²) in [4.78, 5) is 25.9. The molecular weight excluding hydrogens is 286 g/mol. The molecule has 4 nitrogen and oxygen atoms in total. The number of carbonyl (C=O) groups excluding carboxylic acids is 1. The summed E-state index contributed by atoms with van der Waals surface area (Å²) >= 11 is 1.40. The van der Waals surface area contributed by atoms with Gasteiger partial charge in [0.2, 0.25) is 0 Å². The van der Waals surface area contributed by atoms with Crippen LogP contribution in [0.1, 0.15) is 48.3 Å². The number of amides is 1. The van der Waals surface area contributed by atoms with Gasteiger partial charge in [-0.25, -0.2) is 4.79 Å². The third-order valence-corrected chi connectivity index (χ3v) is 4.35. The van der Waals surface area contributed by atoms with Gasteiger partial charge in [-0.05, 0) is 37.3 Å². The third-order valence-electron chi connectivity index (χ3n) is 3.45. The average Bonchev–Trinajstić information content (AvgIpc) is 3.14. The van der Waals surface area contributed by atoms with Crippen LogP contribution in [0.2, 0.25) is 0 Å². The van der Waals surface area contributed by atoms with Crippen molar-refractivity contribution in [2.24, 2.45) is 5.92 Å². The minimum atomic E-state index is -0.979. The first-order valence-corrected chi connectivity index (χ1v) is 8.16. The first-order chi connectivity index (χ1) is 9.97. The minimum absolute atomic E-state index is 0.0735. The maximum Gasteiger partial charge on any atom is 0.328 e. The molecule has 1 N–H and O–H groups in total. The van der Waals surface area contributed by atoms with E-state index in [1.54, 1.807) is 6.07 Å². The highest BCUT2D eigenvalue weighted by Gasteiger charge is 2.33. The first-order valence-electron chi connectivity index (χ1n) is 7.28. The van der Waals surface area contributed by atoms with E-state index in [-0.39, 0.29) is 5.91 Å². The molecule has 1 fully saturated rings. The molecule has 114 valence electrons. The minimum Gasteiger partial charge on any atom is -0.478 e. The predicted molar refractivity (Wildman–Crippen MR) is 84.5 cm³/mol. The molecule has 0 aliphatic heterocycles. The Morgan fingerprint density at radius 2 is 2.19 bits per heavy atom. The summed E-state index contributed by atoms with van der Waals surface area (Å²) in [5, 5.41) is 10.4. The lowest BCUT2D eigenvalue weighted by Gasteiger charge is -2.23. The van der Waals surface area contributed by atoms with E-state index in [4.69, 9.17) is 5.11 Å². The van der Waals surface area contributed by atoms with Crippen molar-refractivity contribution in [1.29, 1.82) is 0 Å². The molecule has 21 heavy (non-hydrogen) atoms. The van der Waals surface area contributed by atoms with Crippen molar-refractivity contribution < 1.29 is 14.7 Å². The van der Waals surface area contributed by atoms with Crippen molar-refractivity contribution in [2.75, 3.05) is 6.54 Å². The molecule has 1 aromatic rings. The van der Waals surface area contributed by atoms with Gasteiger partial charge in [-0.2, -0.15) is 0 Å². The maximum atomic E-state index is 12.6. The quantitative estimate of drug-likeness (QED) is 0.784. The zero-order valence-corrected chi connectivity index (χ0v) is 13.2. The van der Waals surface area contributed by atoms with Gasteiger partial charge in [0.1, 0.15) is 0 Å². The Balaban J connectivity index is 2.04. The Kier molecular flexibility index (Phi) is 5.17. The van der Waals surface area contributed by atoms with Gasteiger partial charge < -0.3 is 10.0 Å². The van der Waals surface area contributed by atoms with Crippen molar-refractivity contribution in [3.05, 3.63) is 28.0 Å². The predicted octanol–water partition coefficient (Wildman–Crippen LogP) is 3.50. The van der Waals surface area contributed by atoms with Crippen LogP contribution >= 0.6 is 11.3 Å². The van der Waals surface area contributed by atoms with Crippen LogP contribution in [0, 0.1) is 5.92 Å². The number of carbonyl (C=O) groups is 2. The van der Waals surface area contributed by atoms with Crippen LogP contribution in [0.15, 0.2) is 17.5 Å². The van der Waals surface area contributed by atoms with Gasteiger partial charge in [-0.15, -0.1) is 11.3 Å². The van der Waals surface area contributed by atoms with Gasteiger partial charge in [-0.1, -0.05) is 13.8 Å². The lowest BCUT2D eigenvalue weighted by Crippen LogP contribution is -2.34. The van der Waals surface area contributed by atoms with E-state index in [2.05, 4.69) is 13.8 Å². The molecule has 0 atom stereocenters. The molecule has 1 aromatic heterocycles. The Morgan fingerprint density at radius 1 is 1.48 bits per heavy atom. The lowest BCUT2D eigenvalue weighted by molar-refractivity contribution is -0.131. The molecule has 1 amide bonds. The van der Waals surface area contributed by atoms with Crippen molar-refractivity contribution in [3.8, 4) is 0 Å². The molecule has 0 radical (unpaired) electrons. The summed E-state index contributed by atoms with van der Waals surface area (Å²) in [7, 11) is 0. The number of rotatable bonds is 7. The lowest BCUT2D eigenvalue weighted by atomic mass is 10.1. The average molecular weight is 307 g/mol. The number of aliphatic carboxylic acids is 1. The van der Waals surface area contributed by atoms with Gasteiger partial charge in [0.15, 0.2) is 0 Å². The van der Waals surface area contributed by atoms with E-state index in [0.29, 0.717) is 17.5 Å². The largest absolute Gasteiger partial charge is 0.478 e. The Labute approximate surface area is 129 Å². The second-order valence-electron chi connectivity index (χ2n) is 5.82. The van der Waals surface area contributed by atoms with Crippen molar-refractivity contribution >= 4 is 29.3 Å². The van der Waals surface area contributed by atoms with E-state index < -0.39 is 5.97 Å². The standard InChI is InChI=1S/C16H21NO3S/c1-11(2)7-8-17(13-3-4-13)16(20)12-9-14(21-10-12)5-6-15(18)19/h5-6,9-11,13H,3-4,7-8H2,1-2H3,(H,18,19)/b6-5+. The van der Waals surface area contributed by atoms with Crippen LogP contribution < -0.4 is 0 Å². The van der Waals surface area contributed by atoms with Crippen LogP contribution in [0.3, 0.4) is 0 Å². The number of hydrogen-bond donors (Lipinski definition) is 1. The third kappa shape index (κ3) is 4.70. The fourth-order valence-electron chi connectivity index (χ4n) is 2.11. The van der Waals surface area contributed by atoms with Crippen LogP contribution in [-0.2, 0) is 4.79 Å². The molecule has 1 aliphatic rings. The summed E-state index contributed by atoms with van der Waals surface area (Å²) in [6.07, 6.45) is 5.83. The van der Waals surface area contributed by atoms with Crippen LogP contribution in [0.5, 0.6) is 0 Å². The number of thiophene rings is 1. The topological polar surface area (TPSA) is 57.6 Å². The summed E-state index contributed by atoms with van der Waals surface area (Å²) in [6.45, 7) is 5.13. The molecule has 0 spiro atoms. The molecule has 0 unspecified atom stereocenters. The van der Waals surface area contributed by atoms with Crippen LogP contribution in [0.4, 0.5) is 0 Å². The number of nitrogens with zero attached hydrogens (tertiary/aromatic N) is 1. The van der Waals surface area contributed by atoms with Gasteiger partial charge >= 0.3 is 5.97 Å². The number of carboxylic acids is 1. The number of carboxylic acid groups (broad SMARTS) is 1. The molecule has 5 heteroatoms. The highest BCUT2D eigenvalue weighted by atomic mass is 32.1. The Bertz CT molecular complexity index is 543. The maximum absolute atomic E-state index is 12.6. The molecule has 1 heterocycles.